The number of benzene rings is 1. The van der Waals surface area contributed by atoms with Gasteiger partial charge in [-0.3, -0.25) is 9.36 Å². The van der Waals surface area contributed by atoms with Gasteiger partial charge in [-0.1, -0.05) is 30.7 Å². The lowest BCUT2D eigenvalue weighted by atomic mass is 10.4. The van der Waals surface area contributed by atoms with Gasteiger partial charge in [0.1, 0.15) is 10.8 Å². The van der Waals surface area contributed by atoms with E-state index in [1.54, 1.807) is 35.7 Å². The quantitative estimate of drug-likeness (QED) is 0.481. The SMILES string of the molecule is CCc1ccc(-n2ccnc2CCl)s1.O=c1c2cccc(Cl)c12. The van der Waals surface area contributed by atoms with Gasteiger partial charge >= 0.3 is 0 Å². The Labute approximate surface area is 147 Å². The van der Waals surface area contributed by atoms with Crippen LogP contribution in [0.5, 0.6) is 0 Å². The molecule has 0 N–H and O–H groups in total. The Balaban J connectivity index is 0.000000149. The molecule has 0 aliphatic heterocycles. The van der Waals surface area contributed by atoms with Gasteiger partial charge in [-0.05, 0) is 24.6 Å². The minimum absolute atomic E-state index is 0.102. The van der Waals surface area contributed by atoms with Crippen LogP contribution in [0.15, 0.2) is 47.5 Å². The third-order valence-corrected chi connectivity index (χ3v) is 5.28. The van der Waals surface area contributed by atoms with E-state index in [-0.39, 0.29) is 5.43 Å². The van der Waals surface area contributed by atoms with E-state index < -0.39 is 0 Å². The highest BCUT2D eigenvalue weighted by Crippen LogP contribution is 2.23. The van der Waals surface area contributed by atoms with Crippen LogP contribution in [0.25, 0.3) is 15.8 Å². The van der Waals surface area contributed by atoms with E-state index in [4.69, 9.17) is 23.2 Å². The van der Waals surface area contributed by atoms with Gasteiger partial charge in [0.05, 0.1) is 16.3 Å². The van der Waals surface area contributed by atoms with E-state index in [2.05, 4.69) is 24.0 Å². The molecule has 0 atom stereocenters. The average molecular weight is 365 g/mol. The van der Waals surface area contributed by atoms with E-state index in [1.807, 2.05) is 10.8 Å². The molecule has 6 heteroatoms. The lowest BCUT2D eigenvalue weighted by Gasteiger charge is -2.00. The largest absolute Gasteiger partial charge is 0.294 e. The minimum atomic E-state index is 0.102. The molecule has 2 aromatic heterocycles. The number of thiophene rings is 1. The summed E-state index contributed by atoms with van der Waals surface area (Å²) in [5.41, 5.74) is 0.102. The number of nitrogens with zero attached hydrogens (tertiary/aromatic N) is 2. The number of alkyl halides is 1. The van der Waals surface area contributed by atoms with Crippen LogP contribution in [0.3, 0.4) is 0 Å². The molecule has 0 saturated heterocycles. The number of hydrogen-bond acceptors (Lipinski definition) is 3. The maximum absolute atomic E-state index is 10.7. The number of hydrogen-bond donors (Lipinski definition) is 0. The van der Waals surface area contributed by atoms with Crippen LogP contribution in [-0.2, 0) is 12.3 Å². The van der Waals surface area contributed by atoms with E-state index >= 15 is 0 Å². The summed E-state index contributed by atoms with van der Waals surface area (Å²) in [6.45, 7) is 2.16. The van der Waals surface area contributed by atoms with Gasteiger partial charge in [0, 0.05) is 22.7 Å². The Kier molecular flexibility index (Phi) is 4.85. The molecule has 3 nitrogen and oxygen atoms in total. The smallest absolute Gasteiger partial charge is 0.196 e. The molecule has 0 unspecified atom stereocenters. The first-order chi connectivity index (χ1) is 11.2. The fraction of sp³-hybridized carbons (Fsp3) is 0.176. The Bertz CT molecular complexity index is 947. The van der Waals surface area contributed by atoms with Crippen LogP contribution < -0.4 is 5.43 Å². The summed E-state index contributed by atoms with van der Waals surface area (Å²) in [5, 5.41) is 3.26. The number of aromatic nitrogens is 2. The molecule has 0 saturated carbocycles. The zero-order valence-electron chi connectivity index (χ0n) is 12.4. The first kappa shape index (κ1) is 16.2. The predicted octanol–water partition coefficient (Wildman–Crippen LogP) is 4.96. The van der Waals surface area contributed by atoms with Crippen molar-refractivity contribution < 1.29 is 0 Å². The van der Waals surface area contributed by atoms with E-state index in [1.165, 1.54) is 9.88 Å². The molecule has 0 aliphatic carbocycles. The van der Waals surface area contributed by atoms with Crippen molar-refractivity contribution in [2.75, 3.05) is 0 Å². The van der Waals surface area contributed by atoms with Gasteiger partial charge in [-0.2, -0.15) is 0 Å². The van der Waals surface area contributed by atoms with Gasteiger partial charge in [-0.25, -0.2) is 4.98 Å². The molecular weight excluding hydrogens is 351 g/mol. The normalized spacial score (nSPS) is 10.9. The molecule has 4 rings (SSSR count). The van der Waals surface area contributed by atoms with Crippen LogP contribution in [0.1, 0.15) is 17.6 Å². The fourth-order valence-corrected chi connectivity index (χ4v) is 3.62. The Morgan fingerprint density at radius 2 is 2.09 bits per heavy atom. The van der Waals surface area contributed by atoms with E-state index in [9.17, 15) is 4.79 Å². The number of aryl methyl sites for hydroxylation is 1. The molecule has 0 aliphatic rings. The van der Waals surface area contributed by atoms with Crippen LogP contribution in [0, 0.1) is 0 Å². The number of imidazole rings is 1. The highest BCUT2D eigenvalue weighted by atomic mass is 35.5. The van der Waals surface area contributed by atoms with Gasteiger partial charge in [0.15, 0.2) is 5.43 Å². The molecule has 4 aromatic rings. The molecular formula is C17H14Cl2N2OS. The van der Waals surface area contributed by atoms with Gasteiger partial charge in [-0.15, -0.1) is 22.9 Å². The lowest BCUT2D eigenvalue weighted by molar-refractivity contribution is 0.975. The Morgan fingerprint density at radius 3 is 2.70 bits per heavy atom. The second-order valence-corrected chi connectivity index (χ2v) is 6.75. The first-order valence-electron chi connectivity index (χ1n) is 7.16. The molecule has 2 aromatic carbocycles. The zero-order chi connectivity index (χ0) is 16.4. The van der Waals surface area contributed by atoms with E-state index in [0.29, 0.717) is 16.3 Å². The van der Waals surface area contributed by atoms with Crippen LogP contribution in [0.2, 0.25) is 5.02 Å². The third-order valence-electron chi connectivity index (χ3n) is 3.49. The van der Waals surface area contributed by atoms with Crippen molar-refractivity contribution in [3.05, 3.63) is 68.7 Å². The molecule has 118 valence electrons. The summed E-state index contributed by atoms with van der Waals surface area (Å²) in [5.74, 6) is 1.35. The molecule has 0 amide bonds. The summed E-state index contributed by atoms with van der Waals surface area (Å²) >= 11 is 13.2. The van der Waals surface area contributed by atoms with Crippen molar-refractivity contribution in [1.82, 2.24) is 9.55 Å². The number of rotatable bonds is 3. The summed E-state index contributed by atoms with van der Waals surface area (Å²) < 4.78 is 2.04. The molecule has 0 spiro atoms. The first-order valence-corrected chi connectivity index (χ1v) is 8.89. The monoisotopic (exact) mass is 364 g/mol. The topological polar surface area (TPSA) is 34.9 Å². The van der Waals surface area contributed by atoms with Crippen molar-refractivity contribution in [3.8, 4) is 5.00 Å². The molecule has 0 fully saturated rings. The second-order valence-electron chi connectivity index (χ2n) is 4.93. The molecule has 0 bridgehead atoms. The van der Waals surface area contributed by atoms with Crippen molar-refractivity contribution in [2.45, 2.75) is 19.2 Å². The number of fused-ring (bicyclic) bond motifs is 1. The summed E-state index contributed by atoms with van der Waals surface area (Å²) in [6, 6.07) is 9.56. The van der Waals surface area contributed by atoms with Crippen LogP contribution in [-0.4, -0.2) is 9.55 Å². The number of halogens is 2. The highest BCUT2D eigenvalue weighted by Gasteiger charge is 2.13. The summed E-state index contributed by atoms with van der Waals surface area (Å²) in [7, 11) is 0. The standard InChI is InChI=1S/C10H11ClN2S.C7H3ClO/c1-2-8-3-4-10(14-8)13-6-5-12-9(13)7-11;8-5-3-1-2-4-6(5)7(4)9/h3-6H,2,7H2,1H3;1-3H. The predicted molar refractivity (Wildman–Crippen MR) is 98.0 cm³/mol. The van der Waals surface area contributed by atoms with Crippen LogP contribution >= 0.6 is 34.5 Å². The summed E-state index contributed by atoms with van der Waals surface area (Å²) in [4.78, 5) is 16.2. The average Bonchev–Trinajstić information content (AvgIpc) is 2.99. The van der Waals surface area contributed by atoms with E-state index in [0.717, 1.165) is 17.6 Å². The Hall–Kier alpha value is -1.62. The molecule has 2 heterocycles. The minimum Gasteiger partial charge on any atom is -0.294 e. The molecule has 23 heavy (non-hydrogen) atoms. The fourth-order valence-electron chi connectivity index (χ4n) is 2.21. The van der Waals surface area contributed by atoms with Crippen molar-refractivity contribution >= 4 is 45.3 Å². The van der Waals surface area contributed by atoms with Crippen molar-refractivity contribution in [3.63, 3.8) is 0 Å². The van der Waals surface area contributed by atoms with Crippen molar-refractivity contribution in [1.29, 1.82) is 0 Å². The summed E-state index contributed by atoms with van der Waals surface area (Å²) in [6.07, 6.45) is 4.81. The van der Waals surface area contributed by atoms with Gasteiger partial charge in [0.25, 0.3) is 0 Å². The maximum atomic E-state index is 10.7. The van der Waals surface area contributed by atoms with Crippen molar-refractivity contribution in [2.24, 2.45) is 0 Å². The maximum Gasteiger partial charge on any atom is 0.196 e. The lowest BCUT2D eigenvalue weighted by Crippen LogP contribution is -1.94. The molecule has 0 radical (unpaired) electrons. The Morgan fingerprint density at radius 1 is 1.26 bits per heavy atom. The van der Waals surface area contributed by atoms with Crippen LogP contribution in [0.4, 0.5) is 0 Å². The highest BCUT2D eigenvalue weighted by molar-refractivity contribution is 7.14. The third kappa shape index (κ3) is 3.34. The zero-order valence-corrected chi connectivity index (χ0v) is 14.8. The second kappa shape index (κ2) is 6.87. The van der Waals surface area contributed by atoms with Gasteiger partial charge in [0.2, 0.25) is 0 Å². The van der Waals surface area contributed by atoms with Gasteiger partial charge < -0.3 is 0 Å².